The van der Waals surface area contributed by atoms with Crippen molar-refractivity contribution >= 4 is 13.6 Å². The van der Waals surface area contributed by atoms with Gasteiger partial charge in [-0.25, -0.2) is 0 Å². The van der Waals surface area contributed by atoms with Crippen LogP contribution in [-0.2, 0) is 9.36 Å². The highest BCUT2D eigenvalue weighted by molar-refractivity contribution is 7.51. The molecule has 0 saturated heterocycles. The van der Waals surface area contributed by atoms with Crippen molar-refractivity contribution in [3.63, 3.8) is 0 Å². The Kier molecular flexibility index (Phi) is 16.5. The van der Waals surface area contributed by atoms with Crippen molar-refractivity contribution in [3.05, 3.63) is 0 Å². The van der Waals surface area contributed by atoms with E-state index in [1.54, 1.807) is 0 Å². The predicted molar refractivity (Wildman–Crippen MR) is 62.6 cm³/mol. The van der Waals surface area contributed by atoms with Gasteiger partial charge in [0.25, 0.3) is 0 Å². The minimum atomic E-state index is -4.10. The van der Waals surface area contributed by atoms with Crippen molar-refractivity contribution in [2.45, 2.75) is 46.0 Å². The lowest BCUT2D eigenvalue weighted by Gasteiger charge is -1.97. The molecule has 0 aliphatic rings. The van der Waals surface area contributed by atoms with Crippen molar-refractivity contribution in [1.29, 1.82) is 0 Å². The summed E-state index contributed by atoms with van der Waals surface area (Å²) in [6, 6.07) is 0. The van der Waals surface area contributed by atoms with Gasteiger partial charge in [-0.1, -0.05) is 39.5 Å². The molecule has 0 bridgehead atoms. The van der Waals surface area contributed by atoms with E-state index in [1.807, 2.05) is 0 Å². The van der Waals surface area contributed by atoms with Crippen LogP contribution in [0.5, 0.6) is 0 Å². The summed E-state index contributed by atoms with van der Waals surface area (Å²) >= 11 is 0. The van der Waals surface area contributed by atoms with Gasteiger partial charge in [0.05, 0.1) is 12.6 Å². The molecule has 0 aromatic carbocycles. The lowest BCUT2D eigenvalue weighted by Crippen LogP contribution is -1.98. The zero-order valence-corrected chi connectivity index (χ0v) is 10.7. The maximum absolute atomic E-state index is 9.97. The molecule has 100 valence electrons. The third-order valence-corrected chi connectivity index (χ3v) is 2.38. The van der Waals surface area contributed by atoms with Crippen molar-refractivity contribution < 1.29 is 29.7 Å². The topological polar surface area (TPSA) is 126 Å². The van der Waals surface area contributed by atoms with E-state index >= 15 is 0 Å². The molecular weight excluding hydrogens is 235 g/mol. The van der Waals surface area contributed by atoms with Crippen LogP contribution in [0.15, 0.2) is 0 Å². The molecule has 0 rings (SSSR count). The Morgan fingerprint density at radius 1 is 1.12 bits per heavy atom. The van der Waals surface area contributed by atoms with E-state index in [2.05, 4.69) is 13.8 Å². The Morgan fingerprint density at radius 2 is 1.50 bits per heavy atom. The molecule has 5 N–H and O–H groups in total. The summed E-state index contributed by atoms with van der Waals surface area (Å²) < 4.78 is 9.97. The normalized spacial score (nSPS) is 9.75. The van der Waals surface area contributed by atoms with Crippen molar-refractivity contribution in [3.8, 4) is 0 Å². The molecule has 0 heterocycles. The minimum absolute atomic E-state index is 0. The van der Waals surface area contributed by atoms with Crippen molar-refractivity contribution in [2.75, 3.05) is 6.16 Å². The van der Waals surface area contributed by atoms with Gasteiger partial charge in [0.2, 0.25) is 0 Å². The number of carboxylic acids is 1. The molecule has 16 heavy (non-hydrogen) atoms. The molecule has 7 heteroatoms. The summed E-state index contributed by atoms with van der Waals surface area (Å²) in [6.45, 7) is 4.46. The molecule has 0 spiro atoms. The van der Waals surface area contributed by atoms with E-state index in [4.69, 9.17) is 14.9 Å². The van der Waals surface area contributed by atoms with Gasteiger partial charge in [0, 0.05) is 0 Å². The molecule has 0 aliphatic carbocycles. The average molecular weight is 258 g/mol. The van der Waals surface area contributed by atoms with E-state index in [-0.39, 0.29) is 5.48 Å². The zero-order valence-electron chi connectivity index (χ0n) is 9.85. The first-order valence-corrected chi connectivity index (χ1v) is 6.89. The lowest BCUT2D eigenvalue weighted by atomic mass is 10.2. The van der Waals surface area contributed by atoms with Gasteiger partial charge in [-0.05, 0) is 0 Å². The van der Waals surface area contributed by atoms with Crippen molar-refractivity contribution in [2.24, 2.45) is 0 Å². The van der Waals surface area contributed by atoms with Crippen LogP contribution in [0.3, 0.4) is 0 Å². The van der Waals surface area contributed by atoms with Gasteiger partial charge >= 0.3 is 13.6 Å². The molecule has 0 aromatic heterocycles. The number of carbonyl (C=O) groups is 1. The lowest BCUT2D eigenvalue weighted by molar-refractivity contribution is -0.136. The smallest absolute Gasteiger partial charge is 0.326 e. The van der Waals surface area contributed by atoms with Gasteiger partial charge in [-0.3, -0.25) is 9.36 Å². The number of aliphatic carboxylic acids is 1. The van der Waals surface area contributed by atoms with Crippen LogP contribution in [0.4, 0.5) is 0 Å². The molecule has 0 unspecified atom stereocenters. The number of unbranched alkanes of at least 4 members (excludes halogenated alkanes) is 3. The summed E-state index contributed by atoms with van der Waals surface area (Å²) in [4.78, 5) is 25.9. The van der Waals surface area contributed by atoms with E-state index in [0.717, 1.165) is 0 Å². The summed E-state index contributed by atoms with van der Waals surface area (Å²) in [5.41, 5.74) is 0. The summed E-state index contributed by atoms with van der Waals surface area (Å²) in [5, 5.41) is 7.93. The first-order valence-electron chi connectivity index (χ1n) is 5.09. The quantitative estimate of drug-likeness (QED) is 0.490. The SMILES string of the molecule is CCCCCC.O.O=C(O)CCP(=O)(O)O. The molecule has 0 radical (unpaired) electrons. The fraction of sp³-hybridized carbons (Fsp3) is 0.889. The standard InChI is InChI=1S/C6H14.C3H7O5P.H2O/c1-3-5-6-4-2;4-3(5)1-2-9(6,7)8;/h3-6H2,1-2H3;1-2H2,(H,4,5)(H2,6,7,8);1H2. The first-order chi connectivity index (χ1) is 6.83. The second kappa shape index (κ2) is 12.6. The highest BCUT2D eigenvalue weighted by Gasteiger charge is 2.13. The third kappa shape index (κ3) is 29.2. The molecule has 6 nitrogen and oxygen atoms in total. The predicted octanol–water partition coefficient (Wildman–Crippen LogP) is 1.40. The fourth-order valence-electron chi connectivity index (χ4n) is 0.741. The Bertz CT molecular complexity index is 196. The van der Waals surface area contributed by atoms with E-state index in [0.29, 0.717) is 0 Å². The number of rotatable bonds is 6. The van der Waals surface area contributed by atoms with Crippen LogP contribution in [0.2, 0.25) is 0 Å². The zero-order chi connectivity index (χ0) is 12.3. The number of hydrogen-bond donors (Lipinski definition) is 3. The van der Waals surface area contributed by atoms with Crippen LogP contribution in [-0.4, -0.2) is 32.5 Å². The first kappa shape index (κ1) is 20.9. The molecule has 0 aliphatic heterocycles. The Labute approximate surface area is 96.2 Å². The molecule has 0 fully saturated rings. The van der Waals surface area contributed by atoms with E-state index in [1.165, 1.54) is 25.7 Å². The summed E-state index contributed by atoms with van der Waals surface area (Å²) in [6.07, 6.45) is 4.47. The number of carboxylic acid groups (broad SMARTS) is 1. The Morgan fingerprint density at radius 3 is 1.62 bits per heavy atom. The maximum Gasteiger partial charge on any atom is 0.326 e. The third-order valence-electron chi connectivity index (χ3n) is 1.57. The van der Waals surface area contributed by atoms with Gasteiger partial charge in [-0.15, -0.1) is 0 Å². The molecule has 0 saturated carbocycles. The second-order valence-corrected chi connectivity index (χ2v) is 5.02. The van der Waals surface area contributed by atoms with Gasteiger partial charge in [0.15, 0.2) is 0 Å². The summed E-state index contributed by atoms with van der Waals surface area (Å²) in [5.74, 6) is -1.20. The van der Waals surface area contributed by atoms with Crippen LogP contribution < -0.4 is 0 Å². The largest absolute Gasteiger partial charge is 0.481 e. The van der Waals surface area contributed by atoms with Crippen LogP contribution in [0.1, 0.15) is 46.0 Å². The van der Waals surface area contributed by atoms with Gasteiger partial charge in [0.1, 0.15) is 0 Å². The van der Waals surface area contributed by atoms with Gasteiger partial charge < -0.3 is 20.4 Å². The van der Waals surface area contributed by atoms with E-state index < -0.39 is 26.1 Å². The van der Waals surface area contributed by atoms with Gasteiger partial charge in [-0.2, -0.15) is 0 Å². The number of hydrogen-bond acceptors (Lipinski definition) is 2. The maximum atomic E-state index is 9.97. The molecule has 0 aromatic rings. The summed E-state index contributed by atoms with van der Waals surface area (Å²) in [7, 11) is -4.10. The molecule has 0 amide bonds. The monoisotopic (exact) mass is 258 g/mol. The average Bonchev–Trinajstić information content (AvgIpc) is 2.11. The second-order valence-electron chi connectivity index (χ2n) is 3.24. The fourth-order valence-corrected chi connectivity index (χ4v) is 1.22. The molecular formula is C9H23O6P. The van der Waals surface area contributed by atoms with Crippen LogP contribution in [0.25, 0.3) is 0 Å². The highest BCUT2D eigenvalue weighted by atomic mass is 31.2. The van der Waals surface area contributed by atoms with Crippen molar-refractivity contribution in [1.82, 2.24) is 0 Å². The minimum Gasteiger partial charge on any atom is -0.481 e. The molecule has 0 atom stereocenters. The van der Waals surface area contributed by atoms with E-state index in [9.17, 15) is 9.36 Å². The van der Waals surface area contributed by atoms with Crippen LogP contribution >= 0.6 is 7.60 Å². The Balaban J connectivity index is -0.000000214. The highest BCUT2D eigenvalue weighted by Crippen LogP contribution is 2.34. The Hall–Kier alpha value is -0.420. The van der Waals surface area contributed by atoms with Crippen LogP contribution in [0, 0.1) is 0 Å².